The number of amides is 2. The van der Waals surface area contributed by atoms with Gasteiger partial charge in [0.1, 0.15) is 35.2 Å². The van der Waals surface area contributed by atoms with Gasteiger partial charge < -0.3 is 55.9 Å². The predicted molar refractivity (Wildman–Crippen MR) is 276 cm³/mol. The van der Waals surface area contributed by atoms with Crippen LogP contribution < -0.4 is 21.1 Å². The molecular formula is C55H75FN8O8. The summed E-state index contributed by atoms with van der Waals surface area (Å²) in [6.45, 7) is 18.7. The quantitative estimate of drug-likeness (QED) is 0.0324. The molecule has 390 valence electrons. The smallest absolute Gasteiger partial charge is 0.407 e. The number of nitrogens with two attached hydrogens (primary N) is 1. The Morgan fingerprint density at radius 3 is 2.35 bits per heavy atom. The number of rotatable bonds is 19. The molecule has 0 spiro atoms. The molecule has 16 nitrogen and oxygen atoms in total. The molecule has 9 N–H and O–H groups in total. The van der Waals surface area contributed by atoms with E-state index < -0.39 is 54.6 Å². The van der Waals surface area contributed by atoms with E-state index in [0.717, 1.165) is 41.6 Å². The summed E-state index contributed by atoms with van der Waals surface area (Å²) < 4.78 is 33.7. The Morgan fingerprint density at radius 1 is 1.00 bits per heavy atom. The number of halogens is 1. The van der Waals surface area contributed by atoms with Gasteiger partial charge in [0.05, 0.1) is 67.8 Å². The number of carbonyl (C=O) groups is 2. The first-order valence-electron chi connectivity index (χ1n) is 25.5. The van der Waals surface area contributed by atoms with Crippen molar-refractivity contribution in [2.45, 2.75) is 148 Å². The van der Waals surface area contributed by atoms with E-state index in [2.05, 4.69) is 53.2 Å². The Hall–Kier alpha value is -6.01. The number of alkyl carbamates (subject to hydrolysis) is 2. The van der Waals surface area contributed by atoms with Crippen LogP contribution in [-0.2, 0) is 9.47 Å². The van der Waals surface area contributed by atoms with Crippen molar-refractivity contribution in [1.82, 2.24) is 35.5 Å². The molecule has 17 heteroatoms. The molecule has 2 amide bonds. The SMILES string of the molecule is C=C(C(O)[C@@H](NC(=O)OC)C(C)C)[C@@H](CCCC)c1ncc(-c2ccc3c(c2)C=C2CC([C@@H]3C)[C@H](/C(O)=C/C(N)CC)Oc3cc(-c4cnc([C@@H]5CCCN5C(O)[C@@H](NC(=O)OC)C(C)C)[nH]4)cc(F)c32)[nH]1. The number of H-pyrrole nitrogens is 2. The van der Waals surface area contributed by atoms with Gasteiger partial charge >= 0.3 is 12.2 Å². The first-order chi connectivity index (χ1) is 34.4. The Morgan fingerprint density at radius 2 is 1.68 bits per heavy atom. The molecule has 2 aromatic heterocycles. The number of unbranched alkanes of at least 4 members (excludes halogenated alkanes) is 1. The van der Waals surface area contributed by atoms with Crippen molar-refractivity contribution in [2.75, 3.05) is 20.8 Å². The van der Waals surface area contributed by atoms with Gasteiger partial charge in [-0.25, -0.2) is 23.9 Å². The molecule has 4 unspecified atom stereocenters. The highest BCUT2D eigenvalue weighted by atomic mass is 19.1. The van der Waals surface area contributed by atoms with Crippen LogP contribution in [0.3, 0.4) is 0 Å². The van der Waals surface area contributed by atoms with Crippen LogP contribution in [0.5, 0.6) is 5.75 Å². The average Bonchev–Trinajstić information content (AvgIpc) is 4.14. The van der Waals surface area contributed by atoms with E-state index in [4.69, 9.17) is 29.9 Å². The van der Waals surface area contributed by atoms with Gasteiger partial charge in [-0.3, -0.25) is 4.90 Å². The number of aliphatic hydroxyl groups is 3. The first-order valence-corrected chi connectivity index (χ1v) is 25.5. The van der Waals surface area contributed by atoms with Crippen LogP contribution >= 0.6 is 0 Å². The topological polar surface area (TPSA) is 233 Å². The number of carbonyl (C=O) groups excluding carboxylic acids is 2. The summed E-state index contributed by atoms with van der Waals surface area (Å²) in [6.07, 6.45) is 7.82. The monoisotopic (exact) mass is 995 g/mol. The number of aromatic amines is 2. The molecule has 10 atom stereocenters. The Bertz CT molecular complexity index is 2620. The fourth-order valence-corrected chi connectivity index (χ4v) is 10.7. The minimum Gasteiger partial charge on any atom is -0.509 e. The van der Waals surface area contributed by atoms with Crippen molar-refractivity contribution in [3.63, 3.8) is 0 Å². The van der Waals surface area contributed by atoms with Crippen LogP contribution in [0.4, 0.5) is 14.0 Å². The van der Waals surface area contributed by atoms with Gasteiger partial charge in [0, 0.05) is 35.5 Å². The zero-order valence-corrected chi connectivity index (χ0v) is 43.2. The van der Waals surface area contributed by atoms with Gasteiger partial charge in [0.2, 0.25) is 0 Å². The Labute approximate surface area is 422 Å². The van der Waals surface area contributed by atoms with Gasteiger partial charge in [-0.05, 0) is 96.4 Å². The van der Waals surface area contributed by atoms with Gasteiger partial charge in [0.15, 0.2) is 6.10 Å². The highest BCUT2D eigenvalue weighted by Gasteiger charge is 2.42. The van der Waals surface area contributed by atoms with Crippen LogP contribution in [0, 0.1) is 23.6 Å². The summed E-state index contributed by atoms with van der Waals surface area (Å²) >= 11 is 0. The maximum Gasteiger partial charge on any atom is 0.407 e. The van der Waals surface area contributed by atoms with Crippen molar-refractivity contribution < 1.29 is 43.5 Å². The minimum absolute atomic E-state index is 0.0144. The van der Waals surface area contributed by atoms with E-state index in [1.54, 1.807) is 24.5 Å². The van der Waals surface area contributed by atoms with E-state index >= 15 is 4.39 Å². The van der Waals surface area contributed by atoms with Crippen LogP contribution in [0.1, 0.15) is 140 Å². The Kier molecular flexibility index (Phi) is 17.4. The number of hydrogen-bond acceptors (Lipinski definition) is 12. The maximum atomic E-state index is 17.2. The number of allylic oxidation sites excluding steroid dienone is 1. The van der Waals surface area contributed by atoms with Crippen LogP contribution in [-0.4, -0.2) is 110 Å². The summed E-state index contributed by atoms with van der Waals surface area (Å²) in [7, 11) is 2.58. The number of aliphatic hydroxyl groups excluding tert-OH is 3. The number of aromatic nitrogens is 4. The van der Waals surface area contributed by atoms with E-state index in [1.807, 2.05) is 51.7 Å². The molecule has 1 fully saturated rings. The molecule has 2 aliphatic heterocycles. The number of hydrogen-bond donors (Lipinski definition) is 8. The van der Waals surface area contributed by atoms with E-state index in [-0.39, 0.29) is 47.1 Å². The maximum absolute atomic E-state index is 17.2. The summed E-state index contributed by atoms with van der Waals surface area (Å²) in [6, 6.07) is 7.47. The second-order valence-electron chi connectivity index (χ2n) is 20.4. The van der Waals surface area contributed by atoms with Crippen molar-refractivity contribution in [3.8, 4) is 28.3 Å². The molecule has 1 aliphatic carbocycles. The summed E-state index contributed by atoms with van der Waals surface area (Å²) in [5.41, 5.74) is 12.5. The predicted octanol–water partition coefficient (Wildman–Crippen LogP) is 9.62. The third-order valence-corrected chi connectivity index (χ3v) is 15.0. The number of likely N-dealkylation sites (tertiary alicyclic amines) is 1. The number of fused-ring (bicyclic) bond motifs is 5. The first kappa shape index (κ1) is 53.8. The highest BCUT2D eigenvalue weighted by molar-refractivity contribution is 5.88. The molecule has 3 aliphatic rings. The lowest BCUT2D eigenvalue weighted by molar-refractivity contribution is -0.0440. The van der Waals surface area contributed by atoms with Crippen LogP contribution in [0.2, 0.25) is 0 Å². The molecule has 2 aromatic carbocycles. The summed E-state index contributed by atoms with van der Waals surface area (Å²) in [4.78, 5) is 42.9. The molecular weight excluding hydrogens is 920 g/mol. The fourth-order valence-electron chi connectivity index (χ4n) is 10.7. The molecule has 4 aromatic rings. The molecule has 2 bridgehead atoms. The largest absolute Gasteiger partial charge is 0.509 e. The number of benzene rings is 2. The van der Waals surface area contributed by atoms with Gasteiger partial charge in [-0.1, -0.05) is 86.1 Å². The summed E-state index contributed by atoms with van der Waals surface area (Å²) in [5.74, 6) is -0.0376. The lowest BCUT2D eigenvalue weighted by Crippen LogP contribution is -2.54. The molecule has 0 saturated carbocycles. The normalized spacial score (nSPS) is 21.5. The van der Waals surface area contributed by atoms with Crippen molar-refractivity contribution in [3.05, 3.63) is 101 Å². The second kappa shape index (κ2) is 23.2. The zero-order valence-electron chi connectivity index (χ0n) is 43.2. The number of ether oxygens (including phenoxy) is 3. The highest BCUT2D eigenvalue weighted by Crippen LogP contribution is 2.50. The van der Waals surface area contributed by atoms with Crippen molar-refractivity contribution >= 4 is 23.8 Å². The lowest BCUT2D eigenvalue weighted by Gasteiger charge is -2.35. The number of methoxy groups -OCH3 is 2. The number of imidazole rings is 2. The standard InChI is InChI=1S/C55H75FN8O8/c1-11-13-15-38(31(8)49(66)47(28(3)4)62-54(68)70-9)51-58-26-41(60-51)32-17-18-37-30(7)39-22-35(21-33(37)20-32)46-40(56)23-34(24-45(46)72-50(39)44(65)25-36(57)12-2)42-27-59-52(61-42)43-16-14-19-64(43)53(67)48(29(5)6)63-55(69)71-10/h17-18,20-21,23-30,36,38-39,43,47-50,53,65-67H,8,11-16,19,22,57H2,1-7,9-10H3,(H,58,60)(H,59,61)(H,62,68)(H,63,69)/b44-25-/t30-,36?,38-,39?,43+,47+,48+,49?,50-,53?/m1/s1. The zero-order chi connectivity index (χ0) is 52.1. The second-order valence-corrected chi connectivity index (χ2v) is 20.4. The lowest BCUT2D eigenvalue weighted by atomic mass is 9.79. The van der Waals surface area contributed by atoms with Gasteiger partial charge in [-0.15, -0.1) is 0 Å². The van der Waals surface area contributed by atoms with E-state index in [1.165, 1.54) is 20.3 Å². The van der Waals surface area contributed by atoms with Crippen LogP contribution in [0.25, 0.3) is 34.2 Å². The van der Waals surface area contributed by atoms with Crippen molar-refractivity contribution in [2.24, 2.45) is 23.5 Å². The molecule has 1 saturated heterocycles. The van der Waals surface area contributed by atoms with Gasteiger partial charge in [-0.2, -0.15) is 0 Å². The van der Waals surface area contributed by atoms with Crippen LogP contribution in [0.15, 0.2) is 66.7 Å². The number of nitrogens with zero attached hydrogens (tertiary/aromatic N) is 3. The fraction of sp³-hybridized carbons (Fsp3) is 0.527. The third-order valence-electron chi connectivity index (χ3n) is 15.0. The minimum atomic E-state index is -1.07. The molecule has 72 heavy (non-hydrogen) atoms. The van der Waals surface area contributed by atoms with E-state index in [0.29, 0.717) is 71.8 Å². The van der Waals surface area contributed by atoms with E-state index in [9.17, 15) is 24.9 Å². The molecule has 4 heterocycles. The van der Waals surface area contributed by atoms with Gasteiger partial charge in [0.25, 0.3) is 0 Å². The average molecular weight is 995 g/mol. The van der Waals surface area contributed by atoms with Crippen molar-refractivity contribution in [1.29, 1.82) is 0 Å². The molecule has 7 rings (SSSR count). The Balaban J connectivity index is 1.25. The summed E-state index contributed by atoms with van der Waals surface area (Å²) in [5, 5.41) is 40.6. The number of nitrogens with one attached hydrogen (secondary N) is 4. The molecule has 0 radical (unpaired) electrons. The third kappa shape index (κ3) is 11.4.